The fraction of sp³-hybridized carbons (Fsp3) is 0.621. The number of H-pyrrole nitrogens is 1. The van der Waals surface area contributed by atoms with Crippen LogP contribution in [-0.4, -0.2) is 54.4 Å². The maximum atomic E-state index is 13.3. The van der Waals surface area contributed by atoms with Gasteiger partial charge in [0, 0.05) is 36.8 Å². The zero-order chi connectivity index (χ0) is 26.1. The van der Waals surface area contributed by atoms with E-state index in [0.717, 1.165) is 34.1 Å². The lowest BCUT2D eigenvalue weighted by Crippen LogP contribution is -2.52. The third-order valence-corrected chi connectivity index (χ3v) is 8.23. The molecule has 0 fully saturated rings. The normalized spacial score (nSPS) is 22.4. The number of benzene rings is 1. The summed E-state index contributed by atoms with van der Waals surface area (Å²) in [5, 5.41) is 15.3. The van der Waals surface area contributed by atoms with Crippen molar-refractivity contribution in [2.75, 3.05) is 25.7 Å². The van der Waals surface area contributed by atoms with Crippen LogP contribution in [0.15, 0.2) is 31.0 Å². The monoisotopic (exact) mass is 483 g/mol. The van der Waals surface area contributed by atoms with Crippen LogP contribution in [0.2, 0.25) is 0 Å². The minimum absolute atomic E-state index is 0.0303. The van der Waals surface area contributed by atoms with Crippen LogP contribution in [0, 0.1) is 11.8 Å². The van der Waals surface area contributed by atoms with Crippen molar-refractivity contribution in [3.8, 4) is 0 Å². The van der Waals surface area contributed by atoms with Crippen molar-refractivity contribution in [1.82, 2.24) is 10.3 Å². The molecule has 1 aromatic heterocycles. The molecule has 1 aliphatic heterocycles. The van der Waals surface area contributed by atoms with Gasteiger partial charge in [0.15, 0.2) is 0 Å². The van der Waals surface area contributed by atoms with Crippen LogP contribution in [0.4, 0.5) is 5.69 Å². The van der Waals surface area contributed by atoms with Crippen LogP contribution in [0.25, 0.3) is 10.9 Å². The van der Waals surface area contributed by atoms with Crippen molar-refractivity contribution in [1.29, 1.82) is 0 Å². The molecular weight excluding hydrogens is 438 g/mol. The Hall–Kier alpha value is -2.31. The average molecular weight is 484 g/mol. The van der Waals surface area contributed by atoms with Crippen LogP contribution >= 0.6 is 0 Å². The zero-order valence-electron chi connectivity index (χ0n) is 22.9. The summed E-state index contributed by atoms with van der Waals surface area (Å²) in [6.45, 7) is 17.1. The Morgan fingerprint density at radius 1 is 1.26 bits per heavy atom. The van der Waals surface area contributed by atoms with Crippen molar-refractivity contribution < 1.29 is 14.6 Å². The van der Waals surface area contributed by atoms with E-state index in [0.29, 0.717) is 19.4 Å². The molecule has 0 spiro atoms. The number of likely N-dealkylation sites (N-methyl/N-ethyl adjacent to an activating group) is 1. The Kier molecular flexibility index (Phi) is 8.07. The van der Waals surface area contributed by atoms with E-state index in [2.05, 4.69) is 74.7 Å². The third-order valence-electron chi connectivity index (χ3n) is 8.23. The Labute approximate surface area is 211 Å². The molecular formula is C29H45N3O3. The van der Waals surface area contributed by atoms with Gasteiger partial charge < -0.3 is 25.0 Å². The number of carbonyl (C=O) groups is 1. The summed E-state index contributed by atoms with van der Waals surface area (Å²) >= 11 is 0. The maximum Gasteiger partial charge on any atom is 0.243 e. The summed E-state index contributed by atoms with van der Waals surface area (Å²) in [6, 6.07) is 3.91. The largest absolute Gasteiger partial charge is 0.390 e. The second-order valence-electron chi connectivity index (χ2n) is 11.5. The highest BCUT2D eigenvalue weighted by atomic mass is 16.5. The topological polar surface area (TPSA) is 77.6 Å². The molecule has 4 atom stereocenters. The molecule has 0 bridgehead atoms. The molecule has 0 aliphatic carbocycles. The van der Waals surface area contributed by atoms with Gasteiger partial charge in [0.25, 0.3) is 0 Å². The summed E-state index contributed by atoms with van der Waals surface area (Å²) in [6.07, 6.45) is 6.22. The van der Waals surface area contributed by atoms with Gasteiger partial charge in [0.1, 0.15) is 6.04 Å². The number of nitrogens with zero attached hydrogens (tertiary/aromatic N) is 1. The van der Waals surface area contributed by atoms with Gasteiger partial charge in [-0.05, 0) is 55.2 Å². The third kappa shape index (κ3) is 5.29. The highest BCUT2D eigenvalue weighted by molar-refractivity contribution is 6.00. The van der Waals surface area contributed by atoms with Gasteiger partial charge >= 0.3 is 0 Å². The number of methoxy groups -OCH3 is 1. The first-order chi connectivity index (χ1) is 16.4. The molecule has 35 heavy (non-hydrogen) atoms. The number of nitrogens with one attached hydrogen (secondary N) is 2. The zero-order valence-corrected chi connectivity index (χ0v) is 22.9. The summed E-state index contributed by atoms with van der Waals surface area (Å²) in [4.78, 5) is 19.0. The number of hydrogen-bond acceptors (Lipinski definition) is 4. The average Bonchev–Trinajstić information content (AvgIpc) is 3.21. The van der Waals surface area contributed by atoms with Gasteiger partial charge in [0.2, 0.25) is 5.91 Å². The highest BCUT2D eigenvalue weighted by Crippen LogP contribution is 2.42. The molecule has 0 saturated heterocycles. The molecule has 2 aromatic rings. The summed E-state index contributed by atoms with van der Waals surface area (Å²) in [5.41, 5.74) is 3.38. The Balaban J connectivity index is 2.17. The maximum absolute atomic E-state index is 13.3. The summed E-state index contributed by atoms with van der Waals surface area (Å²) < 4.78 is 5.45. The predicted octanol–water partition coefficient (Wildman–Crippen LogP) is 4.95. The fourth-order valence-electron chi connectivity index (χ4n) is 5.36. The molecule has 194 valence electrons. The van der Waals surface area contributed by atoms with E-state index in [1.54, 1.807) is 7.11 Å². The number of hydrogen-bond donors (Lipinski definition) is 3. The standard InChI is InChI=1S/C29H45N3O3/c1-10-28(6,13-14-29(7,34)19(4)5)22-11-12-23-24-20(16-30-25(22)24)15-21(17-35-9)31-27(33)26(18(2)3)32(23)8/h10-12,16,18-19,21,26,30,34H,1,13-15,17H2,2-9H3,(H,31,33). The van der Waals surface area contributed by atoms with Gasteiger partial charge in [-0.25, -0.2) is 0 Å². The van der Waals surface area contributed by atoms with Crippen molar-refractivity contribution in [3.63, 3.8) is 0 Å². The Morgan fingerprint density at radius 2 is 1.94 bits per heavy atom. The van der Waals surface area contributed by atoms with Gasteiger partial charge in [-0.3, -0.25) is 4.79 Å². The van der Waals surface area contributed by atoms with E-state index >= 15 is 0 Å². The van der Waals surface area contributed by atoms with Crippen molar-refractivity contribution in [2.45, 2.75) is 83.9 Å². The van der Waals surface area contributed by atoms with Gasteiger partial charge in [-0.15, -0.1) is 6.58 Å². The number of anilines is 1. The summed E-state index contributed by atoms with van der Waals surface area (Å²) in [7, 11) is 3.68. The Morgan fingerprint density at radius 3 is 2.51 bits per heavy atom. The second kappa shape index (κ2) is 10.4. The van der Waals surface area contributed by atoms with Crippen molar-refractivity contribution >= 4 is 22.5 Å². The minimum Gasteiger partial charge on any atom is -0.390 e. The van der Waals surface area contributed by atoms with Crippen LogP contribution in [0.5, 0.6) is 0 Å². The lowest BCUT2D eigenvalue weighted by molar-refractivity contribution is -0.124. The van der Waals surface area contributed by atoms with Crippen molar-refractivity contribution in [2.24, 2.45) is 11.8 Å². The SMILES string of the molecule is C=CC(C)(CCC(C)(O)C(C)C)c1ccc2c3c(c[nH]c13)CC(COC)NC(=O)C(C(C)C)N2C. The first kappa shape index (κ1) is 27.3. The number of allylic oxidation sites excluding steroid dienone is 1. The number of aromatic amines is 1. The number of amides is 1. The number of ether oxygens (including phenoxy) is 1. The van der Waals surface area contributed by atoms with E-state index in [9.17, 15) is 9.90 Å². The molecule has 1 aromatic carbocycles. The molecule has 0 saturated carbocycles. The molecule has 4 unspecified atom stereocenters. The fourth-order valence-corrected chi connectivity index (χ4v) is 5.36. The number of rotatable bonds is 9. The minimum atomic E-state index is -0.743. The smallest absolute Gasteiger partial charge is 0.243 e. The lowest BCUT2D eigenvalue weighted by atomic mass is 9.74. The second-order valence-corrected chi connectivity index (χ2v) is 11.5. The van der Waals surface area contributed by atoms with Gasteiger partial charge in [-0.1, -0.05) is 46.8 Å². The molecule has 3 rings (SSSR count). The number of aliphatic hydroxyl groups is 1. The van der Waals surface area contributed by atoms with Crippen LogP contribution < -0.4 is 10.2 Å². The van der Waals surface area contributed by atoms with Gasteiger partial charge in [0.05, 0.1) is 23.8 Å². The molecule has 1 amide bonds. The quantitative estimate of drug-likeness (QED) is 0.441. The van der Waals surface area contributed by atoms with Crippen LogP contribution in [-0.2, 0) is 21.4 Å². The molecule has 3 N–H and O–H groups in total. The van der Waals surface area contributed by atoms with Crippen LogP contribution in [0.3, 0.4) is 0 Å². The van der Waals surface area contributed by atoms with E-state index < -0.39 is 5.60 Å². The Bertz CT molecular complexity index is 1050. The first-order valence-corrected chi connectivity index (χ1v) is 12.9. The van der Waals surface area contributed by atoms with E-state index in [-0.39, 0.29) is 35.2 Å². The van der Waals surface area contributed by atoms with E-state index in [1.165, 1.54) is 0 Å². The lowest BCUT2D eigenvalue weighted by Gasteiger charge is -2.35. The number of carbonyl (C=O) groups excluding carboxylic acids is 1. The molecule has 0 radical (unpaired) electrons. The van der Waals surface area contributed by atoms with Crippen molar-refractivity contribution in [3.05, 3.63) is 42.1 Å². The number of aromatic nitrogens is 1. The molecule has 1 aliphatic rings. The van der Waals surface area contributed by atoms with Crippen LogP contribution in [0.1, 0.15) is 65.5 Å². The molecule has 2 heterocycles. The predicted molar refractivity (Wildman–Crippen MR) is 145 cm³/mol. The first-order valence-electron chi connectivity index (χ1n) is 12.9. The van der Waals surface area contributed by atoms with E-state index in [4.69, 9.17) is 4.74 Å². The highest BCUT2D eigenvalue weighted by Gasteiger charge is 2.35. The summed E-state index contributed by atoms with van der Waals surface area (Å²) in [5.74, 6) is 0.333. The van der Waals surface area contributed by atoms with Gasteiger partial charge in [-0.2, -0.15) is 0 Å². The van der Waals surface area contributed by atoms with E-state index in [1.807, 2.05) is 20.0 Å². The molecule has 6 nitrogen and oxygen atoms in total. The molecule has 6 heteroatoms.